The molecule has 0 bridgehead atoms. The van der Waals surface area contributed by atoms with E-state index in [4.69, 9.17) is 0 Å². The quantitative estimate of drug-likeness (QED) is 0.189. The molecule has 0 saturated carbocycles. The molecule has 8 aromatic carbocycles. The summed E-state index contributed by atoms with van der Waals surface area (Å²) < 4.78 is 2.46. The first-order valence-corrected chi connectivity index (χ1v) is 17.1. The summed E-state index contributed by atoms with van der Waals surface area (Å²) in [6.45, 7) is 4.72. The molecule has 2 nitrogen and oxygen atoms in total. The third kappa shape index (κ3) is 4.07. The van der Waals surface area contributed by atoms with Crippen molar-refractivity contribution in [3.63, 3.8) is 0 Å². The van der Waals surface area contributed by atoms with Crippen LogP contribution in [0.2, 0.25) is 0 Å². The zero-order valence-corrected chi connectivity index (χ0v) is 27.6. The Morgan fingerprint density at radius 3 is 1.98 bits per heavy atom. The lowest BCUT2D eigenvalue weighted by Crippen LogP contribution is -2.16. The maximum atomic E-state index is 2.46. The van der Waals surface area contributed by atoms with Crippen molar-refractivity contribution in [3.05, 3.63) is 181 Å². The minimum absolute atomic E-state index is 0.0984. The van der Waals surface area contributed by atoms with E-state index in [1.54, 1.807) is 0 Å². The molecule has 1 aliphatic carbocycles. The van der Waals surface area contributed by atoms with Gasteiger partial charge >= 0.3 is 0 Å². The van der Waals surface area contributed by atoms with Crippen molar-refractivity contribution in [2.45, 2.75) is 19.3 Å². The molecule has 0 amide bonds. The number of hydrogen-bond donors (Lipinski definition) is 0. The summed E-state index contributed by atoms with van der Waals surface area (Å²) in [5, 5.41) is 7.50. The molecule has 1 heterocycles. The second-order valence-corrected chi connectivity index (χ2v) is 13.8. The number of para-hydroxylation sites is 2. The van der Waals surface area contributed by atoms with E-state index in [9.17, 15) is 0 Å². The van der Waals surface area contributed by atoms with Crippen LogP contribution in [-0.2, 0) is 5.41 Å². The highest BCUT2D eigenvalue weighted by atomic mass is 15.1. The molecular formula is C47H34N2. The predicted molar refractivity (Wildman–Crippen MR) is 208 cm³/mol. The van der Waals surface area contributed by atoms with Crippen LogP contribution in [0, 0.1) is 0 Å². The van der Waals surface area contributed by atoms with E-state index in [2.05, 4.69) is 193 Å². The summed E-state index contributed by atoms with van der Waals surface area (Å²) in [5.74, 6) is 0. The SMILES string of the molecule is CC1(C)c2ccccc2-c2ccc(N(c3ccccc3)c3cc4c(c5ccccc35)c3ccccc3n4-c3ccc4ccccc4c3)cc21. The van der Waals surface area contributed by atoms with Gasteiger partial charge in [0.25, 0.3) is 0 Å². The molecule has 49 heavy (non-hydrogen) atoms. The summed E-state index contributed by atoms with van der Waals surface area (Å²) in [7, 11) is 0. The number of anilines is 3. The number of rotatable bonds is 4. The maximum absolute atomic E-state index is 2.46. The third-order valence-electron chi connectivity index (χ3n) is 10.7. The van der Waals surface area contributed by atoms with E-state index < -0.39 is 0 Å². The fraction of sp³-hybridized carbons (Fsp3) is 0.0638. The van der Waals surface area contributed by atoms with Crippen LogP contribution < -0.4 is 4.90 Å². The van der Waals surface area contributed by atoms with E-state index in [0.29, 0.717) is 0 Å². The van der Waals surface area contributed by atoms with Gasteiger partial charge in [-0.25, -0.2) is 0 Å². The van der Waals surface area contributed by atoms with Crippen molar-refractivity contribution in [3.8, 4) is 16.8 Å². The Morgan fingerprint density at radius 2 is 1.12 bits per heavy atom. The van der Waals surface area contributed by atoms with Crippen molar-refractivity contribution in [1.29, 1.82) is 0 Å². The standard InChI is InChI=1S/C47H34N2/c1-47(2)41-22-12-10-18-36(41)37-27-26-35(29-42(37)47)48(33-16-4-3-5-17-33)44-30-45-46(39-20-9-8-19-38(39)44)40-21-11-13-23-43(40)49(45)34-25-24-31-14-6-7-15-32(31)28-34/h3-30H,1-2H3. The van der Waals surface area contributed by atoms with Crippen molar-refractivity contribution in [2.75, 3.05) is 4.90 Å². The molecule has 0 N–H and O–H groups in total. The summed E-state index contributed by atoms with van der Waals surface area (Å²) >= 11 is 0. The highest BCUT2D eigenvalue weighted by Gasteiger charge is 2.36. The second kappa shape index (κ2) is 10.4. The molecule has 0 fully saturated rings. The van der Waals surface area contributed by atoms with Gasteiger partial charge in [-0.05, 0) is 86.9 Å². The molecule has 0 unspecified atom stereocenters. The number of hydrogen-bond acceptors (Lipinski definition) is 1. The Kier molecular flexibility index (Phi) is 5.95. The van der Waals surface area contributed by atoms with Gasteiger partial charge < -0.3 is 9.47 Å². The first-order chi connectivity index (χ1) is 24.1. The fourth-order valence-electron chi connectivity index (χ4n) is 8.43. The van der Waals surface area contributed by atoms with E-state index in [-0.39, 0.29) is 5.41 Å². The molecule has 10 rings (SSSR count). The average molecular weight is 627 g/mol. The summed E-state index contributed by atoms with van der Waals surface area (Å²) in [6, 6.07) is 62.4. The normalized spacial score (nSPS) is 13.3. The van der Waals surface area contributed by atoms with E-state index in [0.717, 1.165) is 22.7 Å². The Morgan fingerprint density at radius 1 is 0.449 bits per heavy atom. The van der Waals surface area contributed by atoms with Crippen LogP contribution in [0.15, 0.2) is 170 Å². The Bertz CT molecular complexity index is 2750. The maximum Gasteiger partial charge on any atom is 0.0568 e. The third-order valence-corrected chi connectivity index (χ3v) is 10.7. The Labute approximate surface area is 286 Å². The topological polar surface area (TPSA) is 8.17 Å². The zero-order chi connectivity index (χ0) is 32.7. The first-order valence-electron chi connectivity index (χ1n) is 17.1. The predicted octanol–water partition coefficient (Wildman–Crippen LogP) is 12.9. The van der Waals surface area contributed by atoms with Gasteiger partial charge in [-0.1, -0.05) is 135 Å². The van der Waals surface area contributed by atoms with Gasteiger partial charge in [-0.2, -0.15) is 0 Å². The molecule has 1 aliphatic rings. The van der Waals surface area contributed by atoms with E-state index in [1.807, 2.05) is 0 Å². The van der Waals surface area contributed by atoms with Gasteiger partial charge in [0, 0.05) is 38.6 Å². The van der Waals surface area contributed by atoms with Gasteiger partial charge in [0.2, 0.25) is 0 Å². The molecule has 9 aromatic rings. The molecule has 0 atom stereocenters. The van der Waals surface area contributed by atoms with Gasteiger partial charge in [-0.3, -0.25) is 0 Å². The lowest BCUT2D eigenvalue weighted by Gasteiger charge is -2.29. The molecular weight excluding hydrogens is 593 g/mol. The van der Waals surface area contributed by atoms with Gasteiger partial charge in [0.15, 0.2) is 0 Å². The van der Waals surface area contributed by atoms with Crippen molar-refractivity contribution in [2.24, 2.45) is 0 Å². The molecule has 0 radical (unpaired) electrons. The molecule has 0 aliphatic heterocycles. The smallest absolute Gasteiger partial charge is 0.0568 e. The summed E-state index contributed by atoms with van der Waals surface area (Å²) in [5.41, 5.74) is 12.3. The van der Waals surface area contributed by atoms with Crippen LogP contribution in [0.4, 0.5) is 17.1 Å². The Hall–Kier alpha value is -6.12. The van der Waals surface area contributed by atoms with Crippen LogP contribution in [0.25, 0.3) is 60.2 Å². The molecule has 1 aromatic heterocycles. The van der Waals surface area contributed by atoms with Crippen molar-refractivity contribution in [1.82, 2.24) is 4.57 Å². The molecule has 2 heteroatoms. The van der Waals surface area contributed by atoms with Crippen molar-refractivity contribution >= 4 is 60.4 Å². The highest BCUT2D eigenvalue weighted by Crippen LogP contribution is 2.51. The van der Waals surface area contributed by atoms with E-state index in [1.165, 1.54) is 65.6 Å². The van der Waals surface area contributed by atoms with Crippen LogP contribution >= 0.6 is 0 Å². The van der Waals surface area contributed by atoms with Gasteiger partial charge in [0.1, 0.15) is 0 Å². The molecule has 0 saturated heterocycles. The number of benzene rings is 8. The number of fused-ring (bicyclic) bond motifs is 9. The average Bonchev–Trinajstić information content (AvgIpc) is 3.60. The largest absolute Gasteiger partial charge is 0.310 e. The highest BCUT2D eigenvalue weighted by molar-refractivity contribution is 6.24. The van der Waals surface area contributed by atoms with Crippen LogP contribution in [0.5, 0.6) is 0 Å². The lowest BCUT2D eigenvalue weighted by atomic mass is 9.82. The lowest BCUT2D eigenvalue weighted by molar-refractivity contribution is 0.660. The fourth-order valence-corrected chi connectivity index (χ4v) is 8.43. The van der Waals surface area contributed by atoms with Gasteiger partial charge in [0.05, 0.1) is 16.7 Å². The van der Waals surface area contributed by atoms with Crippen LogP contribution in [0.3, 0.4) is 0 Å². The minimum atomic E-state index is -0.0984. The Balaban J connectivity index is 1.29. The summed E-state index contributed by atoms with van der Waals surface area (Å²) in [4.78, 5) is 2.46. The van der Waals surface area contributed by atoms with Crippen LogP contribution in [-0.4, -0.2) is 4.57 Å². The van der Waals surface area contributed by atoms with E-state index >= 15 is 0 Å². The number of nitrogens with zero attached hydrogens (tertiary/aromatic N) is 2. The zero-order valence-electron chi connectivity index (χ0n) is 27.6. The first kappa shape index (κ1) is 27.9. The summed E-state index contributed by atoms with van der Waals surface area (Å²) in [6.07, 6.45) is 0. The van der Waals surface area contributed by atoms with Crippen LogP contribution in [0.1, 0.15) is 25.0 Å². The second-order valence-electron chi connectivity index (χ2n) is 13.8. The monoisotopic (exact) mass is 626 g/mol. The van der Waals surface area contributed by atoms with Crippen molar-refractivity contribution < 1.29 is 0 Å². The minimum Gasteiger partial charge on any atom is -0.310 e. The number of aromatic nitrogens is 1. The molecule has 0 spiro atoms. The van der Waals surface area contributed by atoms with Gasteiger partial charge in [-0.15, -0.1) is 0 Å². The molecule has 232 valence electrons.